The number of aromatic amines is 7. The van der Waals surface area contributed by atoms with Gasteiger partial charge < -0.3 is 9.97 Å². The molecule has 0 fully saturated rings. The molecule has 0 aromatic carbocycles. The molecule has 0 aliphatic rings. The molecule has 7 N–H and O–H groups in total. The van der Waals surface area contributed by atoms with Crippen molar-refractivity contribution in [2.24, 2.45) is 0 Å². The molecule has 0 radical (unpaired) electrons. The third-order valence-corrected chi connectivity index (χ3v) is 4.19. The molecule has 0 atom stereocenters. The van der Waals surface area contributed by atoms with Gasteiger partial charge in [0.2, 0.25) is 0 Å². The zero-order valence-electron chi connectivity index (χ0n) is 15.3. The Hall–Kier alpha value is -4.73. The van der Waals surface area contributed by atoms with Crippen LogP contribution in [0.3, 0.4) is 0 Å². The first-order valence-electron chi connectivity index (χ1n) is 8.42. The highest BCUT2D eigenvalue weighted by Crippen LogP contribution is 2.04. The fourth-order valence-electron chi connectivity index (χ4n) is 2.43. The minimum atomic E-state index is -0.535. The zero-order chi connectivity index (χ0) is 21.8. The second-order valence-corrected chi connectivity index (χ2v) is 6.18. The normalized spacial score (nSPS) is 10.5. The highest BCUT2D eigenvalue weighted by Gasteiger charge is 2.00. The molecule has 15 nitrogen and oxygen atoms in total. The zero-order valence-corrected chi connectivity index (χ0v) is 16.1. The van der Waals surface area contributed by atoms with E-state index in [-0.39, 0.29) is 5.56 Å². The molecule has 0 aliphatic carbocycles. The Morgan fingerprint density at radius 2 is 1.35 bits per heavy atom. The average Bonchev–Trinajstić information content (AvgIpc) is 3.50. The Morgan fingerprint density at radius 3 is 2.13 bits per heavy atom. The van der Waals surface area contributed by atoms with Gasteiger partial charge in [-0.3, -0.25) is 34.9 Å². The van der Waals surface area contributed by atoms with Crippen LogP contribution in [-0.4, -0.2) is 60.5 Å². The summed E-state index contributed by atoms with van der Waals surface area (Å²) in [5, 5.41) is 20.5. The van der Waals surface area contributed by atoms with Gasteiger partial charge in [-0.1, -0.05) is 12.2 Å². The van der Waals surface area contributed by atoms with E-state index in [1.165, 1.54) is 18.7 Å². The Labute approximate surface area is 173 Å². The second kappa shape index (κ2) is 8.33. The van der Waals surface area contributed by atoms with Crippen LogP contribution in [0.25, 0.3) is 33.1 Å². The van der Waals surface area contributed by atoms with Crippen LogP contribution in [-0.2, 0) is 0 Å². The number of hydrogen-bond acceptors (Lipinski definition) is 9. The van der Waals surface area contributed by atoms with E-state index >= 15 is 0 Å². The Kier molecular flexibility index (Phi) is 5.26. The quantitative estimate of drug-likeness (QED) is 0.152. The van der Waals surface area contributed by atoms with Crippen molar-refractivity contribution in [2.45, 2.75) is 0 Å². The van der Waals surface area contributed by atoms with E-state index < -0.39 is 11.2 Å². The standard InChI is InChI=1S/C5H4N4O2.C5H4N4O.C5H4N4S/c10-4-2-1-6-9-3(2)7-5(11)8-4;2*10-5-3-1-8-9-4(3)6-2-7-5/h1H,(H3,6,7,8,9,10,11);2*1-2H,(H2,6,7,8,9,10). The SMILES string of the molecule is O=c1[nH]c(=O)c2cn[nH]c2[nH]1.O=c1[nH]cnc2[nH]ncc12.S=c1nc[nH]c2[nH]ncc12. The van der Waals surface area contributed by atoms with Gasteiger partial charge in [-0.2, -0.15) is 15.3 Å². The maximum Gasteiger partial charge on any atom is 0.327 e. The Balaban J connectivity index is 0.000000112. The topological polar surface area (TPSA) is 226 Å². The molecule has 6 aromatic rings. The summed E-state index contributed by atoms with van der Waals surface area (Å²) in [7, 11) is 0. The molecular weight excluding hydrogens is 428 g/mol. The van der Waals surface area contributed by atoms with Crippen molar-refractivity contribution in [3.63, 3.8) is 0 Å². The minimum absolute atomic E-state index is 0.168. The number of rotatable bonds is 0. The monoisotopic (exact) mass is 440 g/mol. The van der Waals surface area contributed by atoms with E-state index in [1.54, 1.807) is 12.5 Å². The molecular formula is C15H12N12O3S. The number of nitrogens with one attached hydrogen (secondary N) is 7. The third kappa shape index (κ3) is 4.17. The largest absolute Gasteiger partial charge is 0.331 e. The summed E-state index contributed by atoms with van der Waals surface area (Å²) in [6.07, 6.45) is 7.33. The summed E-state index contributed by atoms with van der Waals surface area (Å²) in [6, 6.07) is 0. The van der Waals surface area contributed by atoms with E-state index in [0.717, 1.165) is 11.0 Å². The van der Waals surface area contributed by atoms with Crippen LogP contribution in [0.15, 0.2) is 45.6 Å². The summed E-state index contributed by atoms with van der Waals surface area (Å²) in [4.78, 5) is 49.9. The predicted molar refractivity (Wildman–Crippen MR) is 111 cm³/mol. The van der Waals surface area contributed by atoms with Crippen LogP contribution in [0.2, 0.25) is 0 Å². The number of hydrogen-bond donors (Lipinski definition) is 7. The number of aromatic nitrogens is 12. The fraction of sp³-hybridized carbons (Fsp3) is 0. The van der Waals surface area contributed by atoms with Gasteiger partial charge in [0.25, 0.3) is 11.1 Å². The van der Waals surface area contributed by atoms with Gasteiger partial charge in [-0.05, 0) is 0 Å². The molecule has 0 bridgehead atoms. The lowest BCUT2D eigenvalue weighted by molar-refractivity contribution is 1.04. The van der Waals surface area contributed by atoms with Gasteiger partial charge in [-0.15, -0.1) is 0 Å². The van der Waals surface area contributed by atoms with E-state index in [1.807, 2.05) is 0 Å². The average molecular weight is 440 g/mol. The van der Waals surface area contributed by atoms with Crippen molar-refractivity contribution in [1.29, 1.82) is 0 Å². The minimum Gasteiger partial charge on any atom is -0.331 e. The fourth-order valence-corrected chi connectivity index (χ4v) is 2.64. The highest BCUT2D eigenvalue weighted by molar-refractivity contribution is 7.71. The van der Waals surface area contributed by atoms with Crippen molar-refractivity contribution in [3.8, 4) is 0 Å². The van der Waals surface area contributed by atoms with Crippen molar-refractivity contribution in [1.82, 2.24) is 60.5 Å². The van der Waals surface area contributed by atoms with Crippen LogP contribution < -0.4 is 16.8 Å². The van der Waals surface area contributed by atoms with Crippen LogP contribution in [0.5, 0.6) is 0 Å². The maximum absolute atomic E-state index is 10.9. The molecule has 0 spiro atoms. The molecule has 6 heterocycles. The van der Waals surface area contributed by atoms with Crippen molar-refractivity contribution in [3.05, 3.63) is 67.1 Å². The smallest absolute Gasteiger partial charge is 0.327 e. The predicted octanol–water partition coefficient (Wildman–Crippen LogP) is -0.399. The second-order valence-electron chi connectivity index (χ2n) is 5.80. The lowest BCUT2D eigenvalue weighted by atomic mass is 10.4. The van der Waals surface area contributed by atoms with Gasteiger partial charge in [0, 0.05) is 0 Å². The van der Waals surface area contributed by atoms with E-state index in [4.69, 9.17) is 12.2 Å². The first kappa shape index (κ1) is 19.6. The van der Waals surface area contributed by atoms with Gasteiger partial charge in [0.1, 0.15) is 26.7 Å². The molecule has 0 saturated carbocycles. The number of H-pyrrole nitrogens is 7. The summed E-state index contributed by atoms with van der Waals surface area (Å²) >= 11 is 4.92. The lowest BCUT2D eigenvalue weighted by Crippen LogP contribution is -2.21. The first-order chi connectivity index (χ1) is 15.0. The van der Waals surface area contributed by atoms with Crippen LogP contribution in [0.1, 0.15) is 0 Å². The van der Waals surface area contributed by atoms with Gasteiger partial charge >= 0.3 is 5.69 Å². The lowest BCUT2D eigenvalue weighted by Gasteiger charge is -1.84. The third-order valence-electron chi connectivity index (χ3n) is 3.86. The number of nitrogens with zero attached hydrogens (tertiary/aromatic N) is 5. The molecule has 0 aliphatic heterocycles. The van der Waals surface area contributed by atoms with Crippen LogP contribution >= 0.6 is 12.2 Å². The van der Waals surface area contributed by atoms with Gasteiger partial charge in [-0.25, -0.2) is 14.8 Å². The molecule has 156 valence electrons. The summed E-state index contributed by atoms with van der Waals surface area (Å²) < 4.78 is 0.572. The van der Waals surface area contributed by atoms with E-state index in [0.29, 0.717) is 26.7 Å². The van der Waals surface area contributed by atoms with Crippen molar-refractivity contribution >= 4 is 45.3 Å². The molecule has 0 saturated heterocycles. The molecule has 6 rings (SSSR count). The van der Waals surface area contributed by atoms with Gasteiger partial charge in [0.15, 0.2) is 5.65 Å². The first-order valence-corrected chi connectivity index (χ1v) is 8.83. The summed E-state index contributed by atoms with van der Waals surface area (Å²) in [6.45, 7) is 0. The van der Waals surface area contributed by atoms with E-state index in [9.17, 15) is 14.4 Å². The number of fused-ring (bicyclic) bond motifs is 3. The highest BCUT2D eigenvalue weighted by atomic mass is 32.1. The van der Waals surface area contributed by atoms with E-state index in [2.05, 4.69) is 60.5 Å². The van der Waals surface area contributed by atoms with Crippen LogP contribution in [0, 0.1) is 4.64 Å². The van der Waals surface area contributed by atoms with Crippen molar-refractivity contribution in [2.75, 3.05) is 0 Å². The Morgan fingerprint density at radius 1 is 0.677 bits per heavy atom. The summed E-state index contributed by atoms with van der Waals surface area (Å²) in [5.41, 5.74) is 0.547. The maximum atomic E-state index is 10.9. The molecule has 0 unspecified atom stereocenters. The molecule has 16 heteroatoms. The summed E-state index contributed by atoms with van der Waals surface area (Å²) in [5.74, 6) is 0. The molecule has 6 aromatic heterocycles. The van der Waals surface area contributed by atoms with Gasteiger partial charge in [0.05, 0.1) is 36.6 Å². The molecule has 31 heavy (non-hydrogen) atoms. The van der Waals surface area contributed by atoms with Crippen LogP contribution in [0.4, 0.5) is 0 Å². The van der Waals surface area contributed by atoms with Crippen molar-refractivity contribution < 1.29 is 0 Å². The molecule has 0 amide bonds. The Bertz CT molecular complexity index is 1620.